The molecular weight excluding hydrogens is 414 g/mol. The maximum atomic E-state index is 12.0. The quantitative estimate of drug-likeness (QED) is 0.252. The molecule has 0 bridgehead atoms. The van der Waals surface area contributed by atoms with Crippen molar-refractivity contribution in [2.45, 2.75) is 17.9 Å². The normalized spacial score (nSPS) is 11.7. The number of amides is 1. The van der Waals surface area contributed by atoms with Crippen LogP contribution in [-0.4, -0.2) is 47.1 Å². The molecule has 10 nitrogen and oxygen atoms in total. The lowest BCUT2D eigenvalue weighted by Crippen LogP contribution is -2.24. The van der Waals surface area contributed by atoms with E-state index in [4.69, 9.17) is 14.6 Å². The summed E-state index contributed by atoms with van der Waals surface area (Å²) in [5.41, 5.74) is 2.76. The predicted octanol–water partition coefficient (Wildman–Crippen LogP) is 2.70. The van der Waals surface area contributed by atoms with Crippen molar-refractivity contribution in [1.29, 1.82) is 0 Å². The van der Waals surface area contributed by atoms with E-state index in [1.165, 1.54) is 44.1 Å². The summed E-state index contributed by atoms with van der Waals surface area (Å²) in [7, 11) is 1.42. The molecule has 0 fully saturated rings. The van der Waals surface area contributed by atoms with Gasteiger partial charge in [-0.25, -0.2) is 10.2 Å². The van der Waals surface area contributed by atoms with Gasteiger partial charge in [-0.15, -0.1) is 11.8 Å². The molecule has 2 aromatic rings. The number of rotatable bonds is 10. The van der Waals surface area contributed by atoms with Gasteiger partial charge in [-0.3, -0.25) is 14.9 Å². The smallest absolute Gasteiger partial charge is 0.344 e. The molecule has 2 N–H and O–H groups in total. The number of nitrogens with one attached hydrogen (secondary N) is 1. The van der Waals surface area contributed by atoms with Gasteiger partial charge < -0.3 is 14.6 Å². The molecule has 1 amide bonds. The molecule has 2 aromatic carbocycles. The van der Waals surface area contributed by atoms with E-state index >= 15 is 0 Å². The van der Waals surface area contributed by atoms with E-state index in [0.29, 0.717) is 16.2 Å². The van der Waals surface area contributed by atoms with Gasteiger partial charge >= 0.3 is 5.97 Å². The average molecular weight is 433 g/mol. The van der Waals surface area contributed by atoms with E-state index in [-0.39, 0.29) is 23.1 Å². The minimum absolute atomic E-state index is 0.0260. The highest BCUT2D eigenvalue weighted by Gasteiger charge is 2.18. The predicted molar refractivity (Wildman–Crippen MR) is 110 cm³/mol. The largest absolute Gasteiger partial charge is 0.493 e. The number of nitro groups is 1. The van der Waals surface area contributed by atoms with Crippen LogP contribution < -0.4 is 14.9 Å². The van der Waals surface area contributed by atoms with Gasteiger partial charge in [-0.05, 0) is 31.2 Å². The second-order valence-corrected chi connectivity index (χ2v) is 6.86. The Bertz CT molecular complexity index is 948. The molecule has 0 saturated carbocycles. The highest BCUT2D eigenvalue weighted by molar-refractivity contribution is 8.00. The van der Waals surface area contributed by atoms with E-state index in [1.54, 1.807) is 30.3 Å². The number of para-hydroxylation sites is 1. The van der Waals surface area contributed by atoms with Crippen LogP contribution in [0.1, 0.15) is 12.5 Å². The number of ether oxygens (including phenoxy) is 2. The number of methoxy groups -OCH3 is 1. The van der Waals surface area contributed by atoms with Crippen molar-refractivity contribution in [3.63, 3.8) is 0 Å². The zero-order valence-corrected chi connectivity index (χ0v) is 16.9. The SMILES string of the molecule is COc1cccc(/C=N\NC(=O)CSc2ccc([N+](=O)[O-])cc2)c1O[C@@H](C)C(=O)O. The first-order valence-corrected chi connectivity index (χ1v) is 9.56. The molecule has 0 radical (unpaired) electrons. The highest BCUT2D eigenvalue weighted by atomic mass is 32.2. The van der Waals surface area contributed by atoms with Gasteiger partial charge in [0.1, 0.15) is 0 Å². The van der Waals surface area contributed by atoms with Crippen molar-refractivity contribution < 1.29 is 29.1 Å². The molecule has 0 saturated heterocycles. The van der Waals surface area contributed by atoms with Gasteiger partial charge in [-0.1, -0.05) is 6.07 Å². The molecule has 30 heavy (non-hydrogen) atoms. The van der Waals surface area contributed by atoms with Crippen LogP contribution in [0, 0.1) is 10.1 Å². The topological polar surface area (TPSA) is 140 Å². The van der Waals surface area contributed by atoms with Crippen LogP contribution in [-0.2, 0) is 9.59 Å². The lowest BCUT2D eigenvalue weighted by atomic mass is 10.2. The molecule has 0 aromatic heterocycles. The van der Waals surface area contributed by atoms with E-state index in [2.05, 4.69) is 10.5 Å². The number of hydrazone groups is 1. The number of nitro benzene ring substituents is 1. The molecular formula is C19H19N3O7S. The second kappa shape index (κ2) is 10.8. The number of nitrogens with zero attached hydrogens (tertiary/aromatic N) is 2. The van der Waals surface area contributed by atoms with Gasteiger partial charge in [0.15, 0.2) is 17.6 Å². The number of non-ortho nitro benzene ring substituents is 1. The Morgan fingerprint density at radius 3 is 2.60 bits per heavy atom. The fourth-order valence-electron chi connectivity index (χ4n) is 2.17. The number of benzene rings is 2. The Morgan fingerprint density at radius 1 is 1.30 bits per heavy atom. The Hall–Kier alpha value is -3.60. The zero-order valence-electron chi connectivity index (χ0n) is 16.1. The van der Waals surface area contributed by atoms with Crippen molar-refractivity contribution in [3.8, 4) is 11.5 Å². The van der Waals surface area contributed by atoms with Gasteiger partial charge in [-0.2, -0.15) is 5.10 Å². The Balaban J connectivity index is 1.97. The second-order valence-electron chi connectivity index (χ2n) is 5.81. The number of aliphatic carboxylic acids is 1. The van der Waals surface area contributed by atoms with Crippen LogP contribution in [0.2, 0.25) is 0 Å². The number of carboxylic acid groups (broad SMARTS) is 1. The van der Waals surface area contributed by atoms with Crippen molar-refractivity contribution in [3.05, 3.63) is 58.1 Å². The number of carbonyl (C=O) groups is 2. The van der Waals surface area contributed by atoms with Gasteiger partial charge in [0, 0.05) is 22.6 Å². The van der Waals surface area contributed by atoms with Crippen LogP contribution in [0.15, 0.2) is 52.5 Å². The van der Waals surface area contributed by atoms with Gasteiger partial charge in [0.25, 0.3) is 5.69 Å². The summed E-state index contributed by atoms with van der Waals surface area (Å²) in [6.45, 7) is 1.38. The third-order valence-electron chi connectivity index (χ3n) is 3.68. The number of carbonyl (C=O) groups excluding carboxylic acids is 1. The first kappa shape index (κ1) is 22.7. The summed E-state index contributed by atoms with van der Waals surface area (Å²) in [6, 6.07) is 10.8. The maximum Gasteiger partial charge on any atom is 0.344 e. The monoisotopic (exact) mass is 433 g/mol. The third-order valence-corrected chi connectivity index (χ3v) is 4.69. The summed E-state index contributed by atoms with van der Waals surface area (Å²) in [5.74, 6) is -0.966. The molecule has 11 heteroatoms. The molecule has 0 aliphatic carbocycles. The first-order valence-electron chi connectivity index (χ1n) is 8.57. The molecule has 0 aliphatic rings. The van der Waals surface area contributed by atoms with Crippen LogP contribution in [0.4, 0.5) is 5.69 Å². The van der Waals surface area contributed by atoms with Crippen LogP contribution in [0.3, 0.4) is 0 Å². The Kier molecular flexibility index (Phi) is 8.18. The van der Waals surface area contributed by atoms with E-state index < -0.39 is 17.0 Å². The molecule has 0 spiro atoms. The van der Waals surface area contributed by atoms with Crippen molar-refractivity contribution in [1.82, 2.24) is 5.43 Å². The standard InChI is InChI=1S/C19H19N3O7S/c1-12(19(24)25)29-18-13(4-3-5-16(18)28-2)10-20-21-17(23)11-30-15-8-6-14(7-9-15)22(26)27/h3-10,12H,11H2,1-2H3,(H,21,23)(H,24,25)/b20-10-/t12-/m0/s1. The van der Waals surface area contributed by atoms with E-state index in [9.17, 15) is 19.7 Å². The Morgan fingerprint density at radius 2 is 2.00 bits per heavy atom. The third kappa shape index (κ3) is 6.48. The Labute approximate surface area is 176 Å². The summed E-state index contributed by atoms with van der Waals surface area (Å²) >= 11 is 1.20. The minimum Gasteiger partial charge on any atom is -0.493 e. The number of thioether (sulfide) groups is 1. The minimum atomic E-state index is -1.14. The molecule has 158 valence electrons. The van der Waals surface area contributed by atoms with E-state index in [0.717, 1.165) is 0 Å². The summed E-state index contributed by atoms with van der Waals surface area (Å²) in [5, 5.41) is 23.6. The summed E-state index contributed by atoms with van der Waals surface area (Å²) in [6.07, 6.45) is 0.210. The van der Waals surface area contributed by atoms with Crippen LogP contribution in [0.25, 0.3) is 0 Å². The maximum absolute atomic E-state index is 12.0. The summed E-state index contributed by atoms with van der Waals surface area (Å²) in [4.78, 5) is 33.9. The van der Waals surface area contributed by atoms with Crippen LogP contribution >= 0.6 is 11.8 Å². The first-order chi connectivity index (χ1) is 14.3. The summed E-state index contributed by atoms with van der Waals surface area (Å²) < 4.78 is 10.6. The average Bonchev–Trinajstić information content (AvgIpc) is 2.73. The van der Waals surface area contributed by atoms with Gasteiger partial charge in [0.05, 0.1) is 24.0 Å². The van der Waals surface area contributed by atoms with E-state index in [1.807, 2.05) is 0 Å². The fourth-order valence-corrected chi connectivity index (χ4v) is 2.86. The van der Waals surface area contributed by atoms with Crippen molar-refractivity contribution in [2.24, 2.45) is 5.10 Å². The number of hydrogen-bond acceptors (Lipinski definition) is 8. The molecule has 0 heterocycles. The molecule has 0 aliphatic heterocycles. The fraction of sp³-hybridized carbons (Fsp3) is 0.211. The molecule has 2 rings (SSSR count). The van der Waals surface area contributed by atoms with Crippen molar-refractivity contribution >= 4 is 35.5 Å². The lowest BCUT2D eigenvalue weighted by Gasteiger charge is -2.15. The highest BCUT2D eigenvalue weighted by Crippen LogP contribution is 2.31. The van der Waals surface area contributed by atoms with Crippen molar-refractivity contribution in [2.75, 3.05) is 12.9 Å². The van der Waals surface area contributed by atoms with Gasteiger partial charge in [0.2, 0.25) is 5.91 Å². The zero-order chi connectivity index (χ0) is 22.1. The van der Waals surface area contributed by atoms with Crippen LogP contribution in [0.5, 0.6) is 11.5 Å². The molecule has 0 unspecified atom stereocenters. The number of carboxylic acids is 1. The lowest BCUT2D eigenvalue weighted by molar-refractivity contribution is -0.384. The molecule has 1 atom stereocenters. The number of hydrogen-bond donors (Lipinski definition) is 2.